The van der Waals surface area contributed by atoms with E-state index in [1.807, 2.05) is 18.2 Å². The second-order valence-electron chi connectivity index (χ2n) is 6.32. The SMILES string of the molecule is CC(N)(C(=O)NCC(O)c1cc(Cl)c2c(c1)OCCO2)c1ccccc1. The van der Waals surface area contributed by atoms with Gasteiger partial charge in [-0.15, -0.1) is 0 Å². The van der Waals surface area contributed by atoms with Crippen LogP contribution in [0, 0.1) is 0 Å². The summed E-state index contributed by atoms with van der Waals surface area (Å²) in [5, 5.41) is 13.5. The van der Waals surface area contributed by atoms with Crippen molar-refractivity contribution >= 4 is 17.5 Å². The Morgan fingerprint density at radius 3 is 2.73 bits per heavy atom. The highest BCUT2D eigenvalue weighted by Crippen LogP contribution is 2.39. The van der Waals surface area contributed by atoms with Crippen molar-refractivity contribution in [2.75, 3.05) is 19.8 Å². The number of nitrogens with two attached hydrogens (primary N) is 1. The molecule has 0 aromatic heterocycles. The Balaban J connectivity index is 1.68. The van der Waals surface area contributed by atoms with Crippen molar-refractivity contribution in [2.24, 2.45) is 5.73 Å². The maximum atomic E-state index is 12.5. The van der Waals surface area contributed by atoms with Gasteiger partial charge >= 0.3 is 0 Å². The average molecular weight is 377 g/mol. The predicted octanol–water partition coefficient (Wildman–Crippen LogP) is 2.13. The van der Waals surface area contributed by atoms with Crippen LogP contribution in [0.4, 0.5) is 0 Å². The number of benzene rings is 2. The third-order valence-corrected chi connectivity index (χ3v) is 4.59. The van der Waals surface area contributed by atoms with Gasteiger partial charge in [-0.3, -0.25) is 4.79 Å². The van der Waals surface area contributed by atoms with E-state index in [9.17, 15) is 9.90 Å². The quantitative estimate of drug-likeness (QED) is 0.743. The van der Waals surface area contributed by atoms with Crippen molar-refractivity contribution in [3.63, 3.8) is 0 Å². The zero-order valence-corrected chi connectivity index (χ0v) is 15.1. The van der Waals surface area contributed by atoms with Crippen molar-refractivity contribution < 1.29 is 19.4 Å². The number of carbonyl (C=O) groups is 1. The topological polar surface area (TPSA) is 93.8 Å². The first-order chi connectivity index (χ1) is 12.4. The molecule has 1 aliphatic heterocycles. The molecule has 26 heavy (non-hydrogen) atoms. The number of amides is 1. The second-order valence-corrected chi connectivity index (χ2v) is 6.73. The van der Waals surface area contributed by atoms with Crippen molar-refractivity contribution in [2.45, 2.75) is 18.6 Å². The third kappa shape index (κ3) is 3.77. The Morgan fingerprint density at radius 2 is 2.00 bits per heavy atom. The number of nitrogens with one attached hydrogen (secondary N) is 1. The van der Waals surface area contributed by atoms with Gasteiger partial charge in [0.05, 0.1) is 11.1 Å². The number of fused-ring (bicyclic) bond motifs is 1. The van der Waals surface area contributed by atoms with E-state index in [4.69, 9.17) is 26.8 Å². The summed E-state index contributed by atoms with van der Waals surface area (Å²) in [6, 6.07) is 12.3. The Bertz CT molecular complexity index is 796. The van der Waals surface area contributed by atoms with E-state index in [1.54, 1.807) is 31.2 Å². The highest BCUT2D eigenvalue weighted by Gasteiger charge is 2.30. The molecule has 7 heteroatoms. The lowest BCUT2D eigenvalue weighted by Crippen LogP contribution is -2.49. The first-order valence-electron chi connectivity index (χ1n) is 8.29. The number of ether oxygens (including phenoxy) is 2. The molecule has 0 fully saturated rings. The molecule has 2 unspecified atom stereocenters. The maximum Gasteiger partial charge on any atom is 0.244 e. The summed E-state index contributed by atoms with van der Waals surface area (Å²) in [4.78, 5) is 12.5. The van der Waals surface area contributed by atoms with E-state index in [0.29, 0.717) is 40.9 Å². The van der Waals surface area contributed by atoms with Crippen LogP contribution < -0.4 is 20.5 Å². The van der Waals surface area contributed by atoms with E-state index >= 15 is 0 Å². The lowest BCUT2D eigenvalue weighted by atomic mass is 9.92. The molecular weight excluding hydrogens is 356 g/mol. The summed E-state index contributed by atoms with van der Waals surface area (Å²) >= 11 is 6.18. The number of hydrogen-bond donors (Lipinski definition) is 3. The first kappa shape index (κ1) is 18.5. The fourth-order valence-electron chi connectivity index (χ4n) is 2.73. The van der Waals surface area contributed by atoms with E-state index in [2.05, 4.69) is 5.32 Å². The molecule has 1 heterocycles. The maximum absolute atomic E-state index is 12.5. The Morgan fingerprint density at radius 1 is 1.31 bits per heavy atom. The summed E-state index contributed by atoms with van der Waals surface area (Å²) in [5.41, 5.74) is 6.18. The second kappa shape index (κ2) is 7.53. The van der Waals surface area contributed by atoms with Crippen LogP contribution in [0.5, 0.6) is 11.5 Å². The van der Waals surface area contributed by atoms with Crippen molar-refractivity contribution in [1.82, 2.24) is 5.32 Å². The summed E-state index contributed by atoms with van der Waals surface area (Å²) in [6.45, 7) is 2.47. The normalized spacial score (nSPS) is 16.5. The van der Waals surface area contributed by atoms with Crippen LogP contribution >= 0.6 is 11.6 Å². The molecule has 2 aromatic rings. The van der Waals surface area contributed by atoms with Gasteiger partial charge in [0.15, 0.2) is 11.5 Å². The van der Waals surface area contributed by atoms with Gasteiger partial charge in [-0.05, 0) is 30.2 Å². The number of rotatable bonds is 5. The number of aliphatic hydroxyl groups excluding tert-OH is 1. The van der Waals surface area contributed by atoms with Gasteiger partial charge in [0.1, 0.15) is 18.8 Å². The van der Waals surface area contributed by atoms with Crippen molar-refractivity contribution in [1.29, 1.82) is 0 Å². The number of carbonyl (C=O) groups excluding carboxylic acids is 1. The van der Waals surface area contributed by atoms with Crippen LogP contribution in [-0.4, -0.2) is 30.8 Å². The van der Waals surface area contributed by atoms with Gasteiger partial charge in [-0.2, -0.15) is 0 Å². The minimum Gasteiger partial charge on any atom is -0.486 e. The summed E-state index contributed by atoms with van der Waals surface area (Å²) < 4.78 is 11.0. The molecule has 6 nitrogen and oxygen atoms in total. The molecule has 0 saturated heterocycles. The minimum atomic E-state index is -1.20. The molecule has 0 saturated carbocycles. The highest BCUT2D eigenvalue weighted by atomic mass is 35.5. The molecule has 0 radical (unpaired) electrons. The van der Waals surface area contributed by atoms with E-state index in [0.717, 1.165) is 0 Å². The Hall–Kier alpha value is -2.28. The number of aliphatic hydroxyl groups is 1. The van der Waals surface area contributed by atoms with Gasteiger partial charge in [0, 0.05) is 6.54 Å². The van der Waals surface area contributed by atoms with Crippen molar-refractivity contribution in [3.05, 3.63) is 58.6 Å². The summed E-state index contributed by atoms with van der Waals surface area (Å²) in [7, 11) is 0. The predicted molar refractivity (Wildman–Crippen MR) is 98.4 cm³/mol. The minimum absolute atomic E-state index is 0.00553. The van der Waals surface area contributed by atoms with Crippen LogP contribution in [0.3, 0.4) is 0 Å². The van der Waals surface area contributed by atoms with Crippen LogP contribution in [0.15, 0.2) is 42.5 Å². The monoisotopic (exact) mass is 376 g/mol. The fraction of sp³-hybridized carbons (Fsp3) is 0.316. The van der Waals surface area contributed by atoms with Gasteiger partial charge in [0.25, 0.3) is 0 Å². The number of halogens is 1. The molecule has 138 valence electrons. The first-order valence-corrected chi connectivity index (χ1v) is 8.67. The van der Waals surface area contributed by atoms with Crippen molar-refractivity contribution in [3.8, 4) is 11.5 Å². The van der Waals surface area contributed by atoms with E-state index in [-0.39, 0.29) is 12.5 Å². The van der Waals surface area contributed by atoms with Gasteiger partial charge < -0.3 is 25.6 Å². The Kier molecular flexibility index (Phi) is 5.36. The molecule has 0 aliphatic carbocycles. The highest BCUT2D eigenvalue weighted by molar-refractivity contribution is 6.32. The fourth-order valence-corrected chi connectivity index (χ4v) is 3.00. The molecular formula is C19H21ClN2O4. The molecule has 4 N–H and O–H groups in total. The number of hydrogen-bond acceptors (Lipinski definition) is 5. The standard InChI is InChI=1S/C19H21ClN2O4/c1-19(21,13-5-3-2-4-6-13)18(24)22-11-15(23)12-9-14(20)17-16(10-12)25-7-8-26-17/h2-6,9-10,15,23H,7-8,11,21H2,1H3,(H,22,24). The Labute approximate surface area is 156 Å². The lowest BCUT2D eigenvalue weighted by Gasteiger charge is -2.25. The molecule has 0 spiro atoms. The molecule has 1 aliphatic rings. The zero-order valence-electron chi connectivity index (χ0n) is 14.4. The van der Waals surface area contributed by atoms with Gasteiger partial charge in [-0.1, -0.05) is 41.9 Å². The van der Waals surface area contributed by atoms with Gasteiger partial charge in [0.2, 0.25) is 5.91 Å². The lowest BCUT2D eigenvalue weighted by molar-refractivity contribution is -0.126. The molecule has 0 bridgehead atoms. The molecule has 2 atom stereocenters. The zero-order chi connectivity index (χ0) is 18.7. The largest absolute Gasteiger partial charge is 0.486 e. The average Bonchev–Trinajstić information content (AvgIpc) is 2.66. The summed E-state index contributed by atoms with van der Waals surface area (Å²) in [5.74, 6) is 0.569. The molecule has 1 amide bonds. The third-order valence-electron chi connectivity index (χ3n) is 4.31. The molecule has 2 aromatic carbocycles. The van der Waals surface area contributed by atoms with Crippen LogP contribution in [0.25, 0.3) is 0 Å². The van der Waals surface area contributed by atoms with E-state index < -0.39 is 11.6 Å². The smallest absolute Gasteiger partial charge is 0.244 e. The summed E-state index contributed by atoms with van der Waals surface area (Å²) in [6.07, 6.45) is -0.959. The molecule has 3 rings (SSSR count). The van der Waals surface area contributed by atoms with Gasteiger partial charge in [-0.25, -0.2) is 0 Å². The van der Waals surface area contributed by atoms with Crippen LogP contribution in [-0.2, 0) is 10.3 Å². The van der Waals surface area contributed by atoms with Crippen LogP contribution in [0.2, 0.25) is 5.02 Å². The van der Waals surface area contributed by atoms with Crippen LogP contribution in [0.1, 0.15) is 24.2 Å². The van der Waals surface area contributed by atoms with E-state index in [1.165, 1.54) is 0 Å².